The lowest BCUT2D eigenvalue weighted by atomic mass is 10.1. The molecule has 5 nitrogen and oxygen atoms in total. The normalized spacial score (nSPS) is 13.8. The standard InChI is InChI=1S/C10H17NO4/c1-6(2)9(10(13)14)11-7(3)5-8(12)15-4/h6,9H,5H2,1-4H3,(H,13,14). The maximum atomic E-state index is 10.9. The van der Waals surface area contributed by atoms with E-state index in [9.17, 15) is 9.59 Å². The predicted molar refractivity (Wildman–Crippen MR) is 56.0 cm³/mol. The van der Waals surface area contributed by atoms with Gasteiger partial charge in [0.15, 0.2) is 0 Å². The lowest BCUT2D eigenvalue weighted by Gasteiger charge is -2.12. The van der Waals surface area contributed by atoms with Crippen LogP contribution in [-0.2, 0) is 14.3 Å². The summed E-state index contributed by atoms with van der Waals surface area (Å²) >= 11 is 0. The Morgan fingerprint density at radius 2 is 1.93 bits per heavy atom. The van der Waals surface area contributed by atoms with E-state index in [0.717, 1.165) is 0 Å². The molecule has 1 N–H and O–H groups in total. The fourth-order valence-electron chi connectivity index (χ4n) is 1.05. The number of aliphatic imine (C=N–C) groups is 1. The lowest BCUT2D eigenvalue weighted by Crippen LogP contribution is -2.25. The summed E-state index contributed by atoms with van der Waals surface area (Å²) in [5.41, 5.74) is 0.475. The molecule has 0 saturated heterocycles. The minimum Gasteiger partial charge on any atom is -0.480 e. The highest BCUT2D eigenvalue weighted by Crippen LogP contribution is 2.08. The second kappa shape index (κ2) is 6.16. The van der Waals surface area contributed by atoms with Crippen LogP contribution in [0.2, 0.25) is 0 Å². The number of rotatable bonds is 5. The smallest absolute Gasteiger partial charge is 0.328 e. The van der Waals surface area contributed by atoms with Crippen molar-refractivity contribution in [1.82, 2.24) is 0 Å². The van der Waals surface area contributed by atoms with Crippen LogP contribution in [0.4, 0.5) is 0 Å². The predicted octanol–water partition coefficient (Wildman–Crippen LogP) is 1.12. The van der Waals surface area contributed by atoms with Crippen LogP contribution in [-0.4, -0.2) is 35.9 Å². The largest absolute Gasteiger partial charge is 0.480 e. The molecule has 86 valence electrons. The molecule has 0 radical (unpaired) electrons. The molecule has 1 unspecified atom stereocenters. The van der Waals surface area contributed by atoms with Crippen LogP contribution in [0.1, 0.15) is 27.2 Å². The zero-order valence-corrected chi connectivity index (χ0v) is 9.48. The Hall–Kier alpha value is -1.39. The number of nitrogens with zero attached hydrogens (tertiary/aromatic N) is 1. The van der Waals surface area contributed by atoms with Gasteiger partial charge in [-0.25, -0.2) is 4.79 Å². The second-order valence-electron chi connectivity index (χ2n) is 3.64. The number of hydrogen-bond donors (Lipinski definition) is 1. The zero-order chi connectivity index (χ0) is 12.0. The molecule has 0 aromatic rings. The van der Waals surface area contributed by atoms with Gasteiger partial charge in [0.2, 0.25) is 0 Å². The zero-order valence-electron chi connectivity index (χ0n) is 9.48. The van der Waals surface area contributed by atoms with Gasteiger partial charge in [-0.1, -0.05) is 13.8 Å². The van der Waals surface area contributed by atoms with E-state index in [4.69, 9.17) is 5.11 Å². The molecule has 0 heterocycles. The first-order valence-corrected chi connectivity index (χ1v) is 4.71. The minimum absolute atomic E-state index is 0.0347. The molecule has 0 saturated carbocycles. The van der Waals surface area contributed by atoms with Crippen molar-refractivity contribution in [2.24, 2.45) is 10.9 Å². The lowest BCUT2D eigenvalue weighted by molar-refractivity contribution is -0.140. The summed E-state index contributed by atoms with van der Waals surface area (Å²) < 4.78 is 4.46. The molecule has 0 spiro atoms. The van der Waals surface area contributed by atoms with Gasteiger partial charge < -0.3 is 9.84 Å². The van der Waals surface area contributed by atoms with Gasteiger partial charge in [-0.2, -0.15) is 0 Å². The van der Waals surface area contributed by atoms with Gasteiger partial charge in [0.1, 0.15) is 6.04 Å². The molecule has 15 heavy (non-hydrogen) atoms. The average Bonchev–Trinajstić information content (AvgIpc) is 2.12. The molecule has 0 rings (SSSR count). The number of esters is 1. The van der Waals surface area contributed by atoms with E-state index in [1.807, 2.05) is 0 Å². The first-order valence-electron chi connectivity index (χ1n) is 4.71. The van der Waals surface area contributed by atoms with Crippen molar-refractivity contribution in [1.29, 1.82) is 0 Å². The van der Waals surface area contributed by atoms with Crippen LogP contribution in [0.25, 0.3) is 0 Å². The Balaban J connectivity index is 4.54. The van der Waals surface area contributed by atoms with Crippen LogP contribution >= 0.6 is 0 Å². The van der Waals surface area contributed by atoms with E-state index in [1.54, 1.807) is 20.8 Å². The third-order valence-corrected chi connectivity index (χ3v) is 1.87. The summed E-state index contributed by atoms with van der Waals surface area (Å²) in [5, 5.41) is 8.86. The van der Waals surface area contributed by atoms with Gasteiger partial charge in [-0.15, -0.1) is 0 Å². The molecule has 0 aliphatic rings. The summed E-state index contributed by atoms with van der Waals surface area (Å²) in [7, 11) is 1.28. The first kappa shape index (κ1) is 13.6. The summed E-state index contributed by atoms with van der Waals surface area (Å²) in [6.07, 6.45) is 0.0347. The van der Waals surface area contributed by atoms with Crippen LogP contribution in [0, 0.1) is 5.92 Å². The summed E-state index contributed by atoms with van der Waals surface area (Å²) in [6.45, 7) is 5.16. The van der Waals surface area contributed by atoms with Crippen molar-refractivity contribution in [3.05, 3.63) is 0 Å². The number of carbonyl (C=O) groups excluding carboxylic acids is 1. The number of aliphatic carboxylic acids is 1. The molecule has 0 fully saturated rings. The average molecular weight is 215 g/mol. The molecular formula is C10H17NO4. The molecule has 0 aromatic carbocycles. The quantitative estimate of drug-likeness (QED) is 0.550. The molecule has 5 heteroatoms. The third kappa shape index (κ3) is 5.15. The van der Waals surface area contributed by atoms with Crippen molar-refractivity contribution in [2.75, 3.05) is 7.11 Å². The minimum atomic E-state index is -0.978. The van der Waals surface area contributed by atoms with Crippen LogP contribution in [0.15, 0.2) is 4.99 Å². The SMILES string of the molecule is COC(=O)CC(C)=NC(C(=O)O)C(C)C. The molecule has 0 bridgehead atoms. The topological polar surface area (TPSA) is 76.0 Å². The number of ether oxygens (including phenoxy) is 1. The number of carboxylic acid groups (broad SMARTS) is 1. The fourth-order valence-corrected chi connectivity index (χ4v) is 1.05. The van der Waals surface area contributed by atoms with Crippen molar-refractivity contribution >= 4 is 17.7 Å². The monoisotopic (exact) mass is 215 g/mol. The van der Waals surface area contributed by atoms with Gasteiger partial charge in [0.25, 0.3) is 0 Å². The van der Waals surface area contributed by atoms with Crippen LogP contribution in [0.3, 0.4) is 0 Å². The Bertz CT molecular complexity index is 271. The molecular weight excluding hydrogens is 198 g/mol. The van der Waals surface area contributed by atoms with Crippen LogP contribution in [0.5, 0.6) is 0 Å². The number of carbonyl (C=O) groups is 2. The molecule has 0 aliphatic heterocycles. The number of methoxy groups -OCH3 is 1. The molecule has 0 aliphatic carbocycles. The van der Waals surface area contributed by atoms with E-state index in [-0.39, 0.29) is 12.3 Å². The molecule has 0 amide bonds. The fraction of sp³-hybridized carbons (Fsp3) is 0.700. The Kier molecular flexibility index (Phi) is 5.59. The van der Waals surface area contributed by atoms with E-state index in [0.29, 0.717) is 5.71 Å². The molecule has 0 aromatic heterocycles. The third-order valence-electron chi connectivity index (χ3n) is 1.87. The highest BCUT2D eigenvalue weighted by Gasteiger charge is 2.20. The first-order chi connectivity index (χ1) is 6.88. The van der Waals surface area contributed by atoms with Gasteiger partial charge in [-0.05, 0) is 12.8 Å². The number of carboxylic acids is 1. The maximum Gasteiger partial charge on any atom is 0.328 e. The van der Waals surface area contributed by atoms with E-state index in [2.05, 4.69) is 9.73 Å². The van der Waals surface area contributed by atoms with Crippen molar-refractivity contribution in [3.8, 4) is 0 Å². The molecule has 1 atom stereocenters. The summed E-state index contributed by atoms with van der Waals surface area (Å²) in [5.74, 6) is -1.49. The van der Waals surface area contributed by atoms with Crippen LogP contribution < -0.4 is 0 Å². The Morgan fingerprint density at radius 1 is 1.40 bits per heavy atom. The maximum absolute atomic E-state index is 10.9. The van der Waals surface area contributed by atoms with Gasteiger partial charge in [0, 0.05) is 5.71 Å². The second-order valence-corrected chi connectivity index (χ2v) is 3.64. The highest BCUT2D eigenvalue weighted by molar-refractivity contribution is 5.98. The van der Waals surface area contributed by atoms with Gasteiger partial charge in [-0.3, -0.25) is 9.79 Å². The van der Waals surface area contributed by atoms with Crippen molar-refractivity contribution in [2.45, 2.75) is 33.2 Å². The van der Waals surface area contributed by atoms with Gasteiger partial charge >= 0.3 is 11.9 Å². The van der Waals surface area contributed by atoms with Crippen molar-refractivity contribution in [3.63, 3.8) is 0 Å². The Morgan fingerprint density at radius 3 is 2.27 bits per heavy atom. The number of hydrogen-bond acceptors (Lipinski definition) is 4. The highest BCUT2D eigenvalue weighted by atomic mass is 16.5. The summed E-state index contributed by atoms with van der Waals surface area (Å²) in [4.78, 5) is 25.7. The van der Waals surface area contributed by atoms with E-state index >= 15 is 0 Å². The van der Waals surface area contributed by atoms with Gasteiger partial charge in [0.05, 0.1) is 13.5 Å². The summed E-state index contributed by atoms with van der Waals surface area (Å²) in [6, 6.07) is -0.797. The van der Waals surface area contributed by atoms with Crippen molar-refractivity contribution < 1.29 is 19.4 Å². The van der Waals surface area contributed by atoms with E-state index < -0.39 is 18.0 Å². The van der Waals surface area contributed by atoms with E-state index in [1.165, 1.54) is 7.11 Å². The Labute approximate surface area is 89.1 Å².